The van der Waals surface area contributed by atoms with Gasteiger partial charge in [-0.1, -0.05) is 35.9 Å². The first-order chi connectivity index (χ1) is 7.46. The highest BCUT2D eigenvalue weighted by atomic mass is 19.1. The molecule has 0 aromatic heterocycles. The number of hydrogen-bond donors (Lipinski definition) is 0. The fourth-order valence-electron chi connectivity index (χ4n) is 2.51. The molecular formula is C14H15FO. The second-order valence-electron chi connectivity index (χ2n) is 4.56. The zero-order chi connectivity index (χ0) is 11.9. The first-order valence-electron chi connectivity index (χ1n) is 5.42. The molecule has 0 saturated carbocycles. The van der Waals surface area contributed by atoms with Crippen molar-refractivity contribution in [3.63, 3.8) is 0 Å². The summed E-state index contributed by atoms with van der Waals surface area (Å²) in [5, 5.41) is 0. The molecule has 0 unspecified atom stereocenters. The molecule has 2 heteroatoms. The van der Waals surface area contributed by atoms with Crippen molar-refractivity contribution in [2.45, 2.75) is 32.4 Å². The summed E-state index contributed by atoms with van der Waals surface area (Å²) in [5.41, 5.74) is 0.491. The lowest BCUT2D eigenvalue weighted by Gasteiger charge is -2.23. The Balaban J connectivity index is 2.54. The Morgan fingerprint density at radius 2 is 1.75 bits per heavy atom. The molecule has 0 heterocycles. The highest BCUT2D eigenvalue weighted by molar-refractivity contribution is 6.06. The van der Waals surface area contributed by atoms with Crippen molar-refractivity contribution in [1.29, 1.82) is 0 Å². The third kappa shape index (κ3) is 1.41. The number of ketones is 1. The van der Waals surface area contributed by atoms with Crippen molar-refractivity contribution in [3.8, 4) is 0 Å². The fourth-order valence-corrected chi connectivity index (χ4v) is 2.51. The highest BCUT2D eigenvalue weighted by Gasteiger charge is 2.49. The second kappa shape index (κ2) is 3.55. The Labute approximate surface area is 95.0 Å². The van der Waals surface area contributed by atoms with Gasteiger partial charge in [0.2, 0.25) is 0 Å². The smallest absolute Gasteiger partial charge is 0.196 e. The predicted molar refractivity (Wildman–Crippen MR) is 62.1 cm³/mol. The lowest BCUT2D eigenvalue weighted by Crippen LogP contribution is -2.32. The largest absolute Gasteiger partial charge is 0.291 e. The zero-order valence-electron chi connectivity index (χ0n) is 9.75. The van der Waals surface area contributed by atoms with Crippen LogP contribution in [0.2, 0.25) is 0 Å². The Morgan fingerprint density at radius 3 is 2.19 bits per heavy atom. The second-order valence-corrected chi connectivity index (χ2v) is 4.56. The van der Waals surface area contributed by atoms with E-state index in [0.29, 0.717) is 5.57 Å². The van der Waals surface area contributed by atoms with Crippen molar-refractivity contribution in [2.24, 2.45) is 0 Å². The van der Waals surface area contributed by atoms with Crippen molar-refractivity contribution >= 4 is 5.78 Å². The Bertz CT molecular complexity index is 457. The minimum atomic E-state index is -1.80. The minimum Gasteiger partial charge on any atom is -0.291 e. The standard InChI is InChI=1S/C14H15FO/c1-9-10(2)13(16)14(3,15)12(9)11-7-5-4-6-8-11/h4-8,12H,1-3H3/t12-,14-/m0/s1. The van der Waals surface area contributed by atoms with Crippen LogP contribution in [0.15, 0.2) is 41.5 Å². The summed E-state index contributed by atoms with van der Waals surface area (Å²) in [6, 6.07) is 9.38. The summed E-state index contributed by atoms with van der Waals surface area (Å²) in [6.07, 6.45) is 0. The van der Waals surface area contributed by atoms with Crippen LogP contribution in [0.3, 0.4) is 0 Å². The van der Waals surface area contributed by atoms with Gasteiger partial charge < -0.3 is 0 Å². The van der Waals surface area contributed by atoms with E-state index in [1.807, 2.05) is 37.3 Å². The van der Waals surface area contributed by atoms with Gasteiger partial charge in [-0.3, -0.25) is 4.79 Å². The quantitative estimate of drug-likeness (QED) is 0.706. The summed E-state index contributed by atoms with van der Waals surface area (Å²) in [4.78, 5) is 11.8. The van der Waals surface area contributed by atoms with E-state index in [1.165, 1.54) is 6.92 Å². The van der Waals surface area contributed by atoms with E-state index in [-0.39, 0.29) is 5.78 Å². The molecule has 0 N–H and O–H groups in total. The monoisotopic (exact) mass is 218 g/mol. The van der Waals surface area contributed by atoms with Crippen LogP contribution in [0, 0.1) is 0 Å². The molecule has 2 rings (SSSR count). The number of alkyl halides is 1. The van der Waals surface area contributed by atoms with Gasteiger partial charge in [-0.05, 0) is 31.9 Å². The van der Waals surface area contributed by atoms with Gasteiger partial charge in [-0.2, -0.15) is 0 Å². The van der Waals surface area contributed by atoms with E-state index >= 15 is 0 Å². The molecule has 84 valence electrons. The molecule has 2 atom stereocenters. The van der Waals surface area contributed by atoms with Crippen molar-refractivity contribution in [1.82, 2.24) is 0 Å². The van der Waals surface area contributed by atoms with E-state index in [0.717, 1.165) is 11.1 Å². The van der Waals surface area contributed by atoms with Crippen LogP contribution in [0.5, 0.6) is 0 Å². The van der Waals surface area contributed by atoms with Crippen LogP contribution in [0.25, 0.3) is 0 Å². The molecule has 0 radical (unpaired) electrons. The maximum atomic E-state index is 14.5. The molecule has 1 nitrogen and oxygen atoms in total. The average Bonchev–Trinajstić information content (AvgIpc) is 2.41. The van der Waals surface area contributed by atoms with Crippen LogP contribution in [-0.4, -0.2) is 11.5 Å². The molecule has 16 heavy (non-hydrogen) atoms. The van der Waals surface area contributed by atoms with Crippen LogP contribution >= 0.6 is 0 Å². The fraction of sp³-hybridized carbons (Fsp3) is 0.357. The molecule has 1 aromatic carbocycles. The van der Waals surface area contributed by atoms with Gasteiger partial charge in [0.15, 0.2) is 11.5 Å². The number of carbonyl (C=O) groups excluding carboxylic acids is 1. The maximum absolute atomic E-state index is 14.5. The third-order valence-electron chi connectivity index (χ3n) is 3.48. The topological polar surface area (TPSA) is 17.1 Å². The lowest BCUT2D eigenvalue weighted by molar-refractivity contribution is -0.124. The SMILES string of the molecule is CC1=C(C)[C@@H](c2ccccc2)[C@](C)(F)C1=O. The van der Waals surface area contributed by atoms with Crippen LogP contribution in [0.4, 0.5) is 4.39 Å². The summed E-state index contributed by atoms with van der Waals surface area (Å²) >= 11 is 0. The number of rotatable bonds is 1. The number of Topliss-reactive ketones (excluding diaryl/α,β-unsaturated/α-hetero) is 1. The van der Waals surface area contributed by atoms with E-state index < -0.39 is 11.6 Å². The predicted octanol–water partition coefficient (Wildman–Crippen LogP) is 3.42. The first-order valence-corrected chi connectivity index (χ1v) is 5.42. The molecule has 0 aliphatic heterocycles. The molecule has 0 fully saturated rings. The molecule has 1 aromatic rings. The van der Waals surface area contributed by atoms with Gasteiger partial charge in [0.05, 0.1) is 0 Å². The lowest BCUT2D eigenvalue weighted by atomic mass is 9.84. The van der Waals surface area contributed by atoms with Gasteiger partial charge in [0.25, 0.3) is 0 Å². The molecular weight excluding hydrogens is 203 g/mol. The first kappa shape index (κ1) is 11.1. The Kier molecular flexibility index (Phi) is 2.45. The molecule has 0 saturated heterocycles. The highest BCUT2D eigenvalue weighted by Crippen LogP contribution is 2.46. The number of benzene rings is 1. The van der Waals surface area contributed by atoms with Crippen LogP contribution < -0.4 is 0 Å². The normalized spacial score (nSPS) is 30.0. The van der Waals surface area contributed by atoms with Gasteiger partial charge in [-0.15, -0.1) is 0 Å². The van der Waals surface area contributed by atoms with Crippen LogP contribution in [0.1, 0.15) is 32.3 Å². The Hall–Kier alpha value is -1.44. The molecule has 1 aliphatic carbocycles. The van der Waals surface area contributed by atoms with Gasteiger partial charge in [-0.25, -0.2) is 4.39 Å². The Morgan fingerprint density at radius 1 is 1.19 bits per heavy atom. The number of hydrogen-bond acceptors (Lipinski definition) is 1. The van der Waals surface area contributed by atoms with Crippen molar-refractivity contribution in [3.05, 3.63) is 47.0 Å². The molecule has 1 aliphatic rings. The minimum absolute atomic E-state index is 0.376. The average molecular weight is 218 g/mol. The van der Waals surface area contributed by atoms with Crippen molar-refractivity contribution in [2.75, 3.05) is 0 Å². The van der Waals surface area contributed by atoms with E-state index in [1.54, 1.807) is 6.92 Å². The number of carbonyl (C=O) groups is 1. The number of halogens is 1. The molecule has 0 spiro atoms. The molecule has 0 amide bonds. The van der Waals surface area contributed by atoms with Gasteiger partial charge in [0, 0.05) is 5.92 Å². The van der Waals surface area contributed by atoms with Crippen molar-refractivity contribution < 1.29 is 9.18 Å². The summed E-state index contributed by atoms with van der Waals surface area (Å²) in [6.45, 7) is 4.93. The summed E-state index contributed by atoms with van der Waals surface area (Å²) < 4.78 is 14.5. The zero-order valence-corrected chi connectivity index (χ0v) is 9.75. The summed E-state index contributed by atoms with van der Waals surface area (Å²) in [7, 11) is 0. The van der Waals surface area contributed by atoms with E-state index in [9.17, 15) is 9.18 Å². The van der Waals surface area contributed by atoms with Gasteiger partial charge in [0.1, 0.15) is 0 Å². The van der Waals surface area contributed by atoms with Crippen LogP contribution in [-0.2, 0) is 4.79 Å². The van der Waals surface area contributed by atoms with Gasteiger partial charge >= 0.3 is 0 Å². The maximum Gasteiger partial charge on any atom is 0.196 e. The van der Waals surface area contributed by atoms with E-state index in [2.05, 4.69) is 0 Å². The molecule has 0 bridgehead atoms. The third-order valence-corrected chi connectivity index (χ3v) is 3.48. The van der Waals surface area contributed by atoms with E-state index in [4.69, 9.17) is 0 Å². The summed E-state index contributed by atoms with van der Waals surface area (Å²) in [5.74, 6) is -0.806. The number of allylic oxidation sites excluding steroid dienone is 2.